The number of aldehydes is 1. The predicted octanol–water partition coefficient (Wildman–Crippen LogP) is 1.54. The highest BCUT2D eigenvalue weighted by Gasteiger charge is 2.13. The number of benzene rings is 1. The van der Waals surface area contributed by atoms with Crippen molar-refractivity contribution < 1.29 is 9.90 Å². The fraction of sp³-hybridized carbons (Fsp3) is 0.167. The van der Waals surface area contributed by atoms with E-state index in [1.165, 1.54) is 4.57 Å². The fourth-order valence-corrected chi connectivity index (χ4v) is 1.83. The zero-order valence-electron chi connectivity index (χ0n) is 8.80. The van der Waals surface area contributed by atoms with Crippen LogP contribution in [0, 0.1) is 0 Å². The number of nitrogens with zero attached hydrogens (tertiary/aromatic N) is 1. The molecule has 1 aromatic heterocycles. The molecule has 0 amide bonds. The van der Waals surface area contributed by atoms with E-state index in [1.807, 2.05) is 6.92 Å². The summed E-state index contributed by atoms with van der Waals surface area (Å²) < 4.78 is 1.47. The maximum atomic E-state index is 11.8. The fourth-order valence-electron chi connectivity index (χ4n) is 1.83. The van der Waals surface area contributed by atoms with Gasteiger partial charge in [0.1, 0.15) is 11.3 Å². The molecule has 16 heavy (non-hydrogen) atoms. The molecule has 4 nitrogen and oxygen atoms in total. The topological polar surface area (TPSA) is 59.3 Å². The molecular formula is C12H11NO3. The van der Waals surface area contributed by atoms with Crippen LogP contribution in [0.3, 0.4) is 0 Å². The van der Waals surface area contributed by atoms with Crippen LogP contribution in [0.4, 0.5) is 0 Å². The van der Waals surface area contributed by atoms with E-state index >= 15 is 0 Å². The molecule has 1 aromatic carbocycles. The number of carbonyl (C=O) groups excluding carboxylic acids is 1. The Balaban J connectivity index is 3.06. The maximum Gasteiger partial charge on any atom is 0.265 e. The molecule has 0 atom stereocenters. The molecule has 0 aliphatic carbocycles. The van der Waals surface area contributed by atoms with Gasteiger partial charge in [-0.3, -0.25) is 9.59 Å². The molecule has 0 fully saturated rings. The van der Waals surface area contributed by atoms with Crippen LogP contribution in [0.2, 0.25) is 0 Å². The van der Waals surface area contributed by atoms with Crippen molar-refractivity contribution in [1.29, 1.82) is 0 Å². The van der Waals surface area contributed by atoms with Crippen LogP contribution in [0.15, 0.2) is 29.1 Å². The minimum Gasteiger partial charge on any atom is -0.506 e. The first-order valence-electron chi connectivity index (χ1n) is 5.00. The molecular weight excluding hydrogens is 206 g/mol. The molecule has 0 saturated carbocycles. The number of pyridine rings is 1. The maximum absolute atomic E-state index is 11.8. The Morgan fingerprint density at radius 2 is 2.06 bits per heavy atom. The number of carbonyl (C=O) groups is 1. The zero-order valence-corrected chi connectivity index (χ0v) is 8.80. The van der Waals surface area contributed by atoms with Crippen molar-refractivity contribution in [3.05, 3.63) is 40.2 Å². The molecule has 0 unspecified atom stereocenters. The highest BCUT2D eigenvalue weighted by molar-refractivity contribution is 5.93. The summed E-state index contributed by atoms with van der Waals surface area (Å²) >= 11 is 0. The third kappa shape index (κ3) is 1.31. The van der Waals surface area contributed by atoms with Crippen LogP contribution < -0.4 is 5.56 Å². The first-order chi connectivity index (χ1) is 7.70. The molecule has 1 N–H and O–H groups in total. The smallest absolute Gasteiger partial charge is 0.265 e. The normalized spacial score (nSPS) is 10.6. The van der Waals surface area contributed by atoms with E-state index in [9.17, 15) is 14.7 Å². The predicted molar refractivity (Wildman–Crippen MR) is 60.9 cm³/mol. The third-order valence-corrected chi connectivity index (χ3v) is 2.61. The lowest BCUT2D eigenvalue weighted by Gasteiger charge is -2.10. The summed E-state index contributed by atoms with van der Waals surface area (Å²) in [6, 6.07) is 6.97. The molecule has 0 saturated heterocycles. The van der Waals surface area contributed by atoms with Crippen LogP contribution >= 0.6 is 0 Å². The molecule has 82 valence electrons. The monoisotopic (exact) mass is 217 g/mol. The Morgan fingerprint density at radius 3 is 2.69 bits per heavy atom. The van der Waals surface area contributed by atoms with Gasteiger partial charge in [-0.05, 0) is 19.1 Å². The van der Waals surface area contributed by atoms with E-state index in [0.29, 0.717) is 23.7 Å². The van der Waals surface area contributed by atoms with Crippen molar-refractivity contribution >= 4 is 17.2 Å². The molecule has 2 aromatic rings. The van der Waals surface area contributed by atoms with Gasteiger partial charge in [-0.25, -0.2) is 0 Å². The second kappa shape index (κ2) is 3.81. The Labute approximate surface area is 91.8 Å². The lowest BCUT2D eigenvalue weighted by molar-refractivity contribution is 0.111. The standard InChI is InChI=1S/C12H11NO3/c1-2-13-10-6-4-3-5-8(10)11(15)9(7-14)12(13)16/h3-7,15H,2H2,1H3. The molecule has 0 spiro atoms. The van der Waals surface area contributed by atoms with Crippen LogP contribution in [0.25, 0.3) is 10.9 Å². The lowest BCUT2D eigenvalue weighted by atomic mass is 10.1. The van der Waals surface area contributed by atoms with Crippen molar-refractivity contribution in [2.45, 2.75) is 13.5 Å². The van der Waals surface area contributed by atoms with Crippen molar-refractivity contribution in [2.75, 3.05) is 0 Å². The SMILES string of the molecule is CCn1c(=O)c(C=O)c(O)c2ccccc21. The average molecular weight is 217 g/mol. The Kier molecular flexibility index (Phi) is 2.48. The Hall–Kier alpha value is -2.10. The Morgan fingerprint density at radius 1 is 1.38 bits per heavy atom. The van der Waals surface area contributed by atoms with E-state index in [2.05, 4.69) is 0 Å². The number of hydrogen-bond donors (Lipinski definition) is 1. The van der Waals surface area contributed by atoms with Crippen LogP contribution in [0.5, 0.6) is 5.75 Å². The van der Waals surface area contributed by atoms with Gasteiger partial charge < -0.3 is 9.67 Å². The number of hydrogen-bond acceptors (Lipinski definition) is 3. The largest absolute Gasteiger partial charge is 0.506 e. The zero-order chi connectivity index (χ0) is 11.7. The quantitative estimate of drug-likeness (QED) is 0.776. The van der Waals surface area contributed by atoms with Crippen molar-refractivity contribution in [2.24, 2.45) is 0 Å². The van der Waals surface area contributed by atoms with Crippen molar-refractivity contribution in [3.63, 3.8) is 0 Å². The number of para-hydroxylation sites is 1. The molecule has 0 aliphatic rings. The highest BCUT2D eigenvalue weighted by Crippen LogP contribution is 2.24. The number of aryl methyl sites for hydroxylation is 1. The van der Waals surface area contributed by atoms with Gasteiger partial charge in [0, 0.05) is 11.9 Å². The second-order valence-electron chi connectivity index (χ2n) is 3.45. The summed E-state index contributed by atoms with van der Waals surface area (Å²) in [5, 5.41) is 10.3. The number of rotatable bonds is 2. The third-order valence-electron chi connectivity index (χ3n) is 2.61. The van der Waals surface area contributed by atoms with E-state index in [-0.39, 0.29) is 11.3 Å². The number of aromatic hydroxyl groups is 1. The van der Waals surface area contributed by atoms with Gasteiger partial charge in [0.2, 0.25) is 0 Å². The van der Waals surface area contributed by atoms with Gasteiger partial charge in [-0.1, -0.05) is 12.1 Å². The van der Waals surface area contributed by atoms with E-state index in [4.69, 9.17) is 0 Å². The molecule has 1 heterocycles. The summed E-state index contributed by atoms with van der Waals surface area (Å²) in [6.45, 7) is 2.28. The lowest BCUT2D eigenvalue weighted by Crippen LogP contribution is -2.23. The van der Waals surface area contributed by atoms with E-state index < -0.39 is 5.56 Å². The van der Waals surface area contributed by atoms with Gasteiger partial charge >= 0.3 is 0 Å². The molecule has 0 aliphatic heterocycles. The van der Waals surface area contributed by atoms with Gasteiger partial charge in [0.25, 0.3) is 5.56 Å². The van der Waals surface area contributed by atoms with Gasteiger partial charge in [-0.15, -0.1) is 0 Å². The average Bonchev–Trinajstić information content (AvgIpc) is 2.30. The molecule has 0 bridgehead atoms. The van der Waals surface area contributed by atoms with Crippen molar-refractivity contribution in [1.82, 2.24) is 4.57 Å². The minimum absolute atomic E-state index is 0.180. The summed E-state index contributed by atoms with van der Waals surface area (Å²) in [5.41, 5.74) is 0.00681. The van der Waals surface area contributed by atoms with Gasteiger partial charge in [-0.2, -0.15) is 0 Å². The first-order valence-corrected chi connectivity index (χ1v) is 5.00. The first kappa shape index (κ1) is 10.4. The highest BCUT2D eigenvalue weighted by atomic mass is 16.3. The molecule has 4 heteroatoms. The van der Waals surface area contributed by atoms with Gasteiger partial charge in [0.05, 0.1) is 5.52 Å². The second-order valence-corrected chi connectivity index (χ2v) is 3.45. The van der Waals surface area contributed by atoms with E-state index in [0.717, 1.165) is 0 Å². The summed E-state index contributed by atoms with van der Waals surface area (Å²) in [4.78, 5) is 22.6. The Bertz CT molecular complexity index is 613. The van der Waals surface area contributed by atoms with Crippen LogP contribution in [0.1, 0.15) is 17.3 Å². The summed E-state index contributed by atoms with van der Waals surface area (Å²) in [6.07, 6.45) is 0.399. The summed E-state index contributed by atoms with van der Waals surface area (Å²) in [7, 11) is 0. The number of aromatic nitrogens is 1. The van der Waals surface area contributed by atoms with Crippen LogP contribution in [-0.4, -0.2) is 16.0 Å². The van der Waals surface area contributed by atoms with Crippen molar-refractivity contribution in [3.8, 4) is 5.75 Å². The molecule has 2 rings (SSSR count). The molecule has 0 radical (unpaired) electrons. The summed E-state index contributed by atoms with van der Waals surface area (Å²) in [5.74, 6) is -0.236. The van der Waals surface area contributed by atoms with Gasteiger partial charge in [0.15, 0.2) is 6.29 Å². The number of fused-ring (bicyclic) bond motifs is 1. The minimum atomic E-state index is -0.450. The van der Waals surface area contributed by atoms with Crippen LogP contribution in [-0.2, 0) is 6.54 Å². The van der Waals surface area contributed by atoms with E-state index in [1.54, 1.807) is 24.3 Å².